The molecule has 1 saturated heterocycles. The van der Waals surface area contributed by atoms with Crippen LogP contribution in [0.1, 0.15) is 37.8 Å². The number of hydrogen-bond donors (Lipinski definition) is 1. The molecule has 0 aromatic carbocycles. The zero-order valence-corrected chi connectivity index (χ0v) is 13.0. The number of nitrogens with zero attached hydrogens (tertiary/aromatic N) is 1. The van der Waals surface area contributed by atoms with Gasteiger partial charge in [0.25, 0.3) is 0 Å². The summed E-state index contributed by atoms with van der Waals surface area (Å²) in [5, 5.41) is 5.25. The van der Waals surface area contributed by atoms with E-state index in [2.05, 4.69) is 34.9 Å². The lowest BCUT2D eigenvalue weighted by Crippen LogP contribution is -2.40. The Balaban J connectivity index is 2.07. The summed E-state index contributed by atoms with van der Waals surface area (Å²) in [6.45, 7) is 4.52. The predicted molar refractivity (Wildman–Crippen MR) is 83.4 cm³/mol. The first-order valence-corrected chi connectivity index (χ1v) is 9.00. The Morgan fingerprint density at radius 3 is 2.89 bits per heavy atom. The summed E-state index contributed by atoms with van der Waals surface area (Å²) in [5.74, 6) is 0. The molecule has 0 saturated carbocycles. The smallest absolute Gasteiger partial charge is 0.0504 e. The number of likely N-dealkylation sites (tertiary alicyclic amines) is 1. The molecule has 2 heterocycles. The minimum atomic E-state index is 0.199. The molecule has 1 aromatic heterocycles. The number of thioether (sulfide) groups is 1. The average Bonchev–Trinajstić information content (AvgIpc) is 2.75. The molecule has 1 aliphatic heterocycles. The van der Waals surface area contributed by atoms with Crippen molar-refractivity contribution in [1.29, 1.82) is 0 Å². The topological polar surface area (TPSA) is 29.3 Å². The van der Waals surface area contributed by atoms with Crippen LogP contribution in [-0.4, -0.2) is 35.5 Å². The first-order chi connectivity index (χ1) is 8.72. The molecule has 18 heavy (non-hydrogen) atoms. The fraction of sp³-hybridized carbons (Fsp3) is 0.714. The monoisotopic (exact) mass is 284 g/mol. The third-order valence-corrected chi connectivity index (χ3v) is 5.66. The van der Waals surface area contributed by atoms with Gasteiger partial charge in [-0.3, -0.25) is 4.90 Å². The van der Waals surface area contributed by atoms with E-state index >= 15 is 0 Å². The summed E-state index contributed by atoms with van der Waals surface area (Å²) >= 11 is 3.80. The SMILES string of the molecule is CSC1CCCN(C(c2ccsc2)C(C)N)CC1. The minimum Gasteiger partial charge on any atom is -0.326 e. The average molecular weight is 284 g/mol. The molecule has 0 bridgehead atoms. The zero-order valence-electron chi connectivity index (χ0n) is 11.3. The highest BCUT2D eigenvalue weighted by Crippen LogP contribution is 2.30. The lowest BCUT2D eigenvalue weighted by Gasteiger charge is -2.33. The van der Waals surface area contributed by atoms with Crippen molar-refractivity contribution >= 4 is 23.1 Å². The summed E-state index contributed by atoms with van der Waals surface area (Å²) in [6.07, 6.45) is 6.20. The molecule has 2 nitrogen and oxygen atoms in total. The van der Waals surface area contributed by atoms with Crippen molar-refractivity contribution in [3.05, 3.63) is 22.4 Å². The molecular weight excluding hydrogens is 260 g/mol. The Kier molecular flexibility index (Phi) is 5.55. The maximum atomic E-state index is 6.23. The highest BCUT2D eigenvalue weighted by Gasteiger charge is 2.26. The van der Waals surface area contributed by atoms with Gasteiger partial charge in [-0.25, -0.2) is 0 Å². The largest absolute Gasteiger partial charge is 0.326 e. The molecule has 3 atom stereocenters. The van der Waals surface area contributed by atoms with Gasteiger partial charge in [0.15, 0.2) is 0 Å². The second-order valence-corrected chi connectivity index (χ2v) is 7.10. The Hall–Kier alpha value is -0.0300. The second kappa shape index (κ2) is 6.94. The molecule has 0 radical (unpaired) electrons. The molecule has 3 unspecified atom stereocenters. The molecule has 0 amide bonds. The van der Waals surface area contributed by atoms with Crippen molar-refractivity contribution < 1.29 is 0 Å². The van der Waals surface area contributed by atoms with Gasteiger partial charge in [0, 0.05) is 11.3 Å². The number of rotatable bonds is 4. The molecule has 102 valence electrons. The van der Waals surface area contributed by atoms with Gasteiger partial charge < -0.3 is 5.73 Å². The van der Waals surface area contributed by atoms with Crippen molar-refractivity contribution in [2.24, 2.45) is 5.73 Å². The van der Waals surface area contributed by atoms with Crippen LogP contribution in [0.4, 0.5) is 0 Å². The van der Waals surface area contributed by atoms with E-state index in [1.807, 2.05) is 11.8 Å². The van der Waals surface area contributed by atoms with E-state index < -0.39 is 0 Å². The number of hydrogen-bond acceptors (Lipinski definition) is 4. The lowest BCUT2D eigenvalue weighted by molar-refractivity contribution is 0.184. The Morgan fingerprint density at radius 1 is 1.44 bits per heavy atom. The third kappa shape index (κ3) is 3.50. The van der Waals surface area contributed by atoms with Gasteiger partial charge in [0.05, 0.1) is 6.04 Å². The van der Waals surface area contributed by atoms with E-state index in [0.717, 1.165) is 5.25 Å². The van der Waals surface area contributed by atoms with Gasteiger partial charge in [0.1, 0.15) is 0 Å². The van der Waals surface area contributed by atoms with Crippen LogP contribution < -0.4 is 5.73 Å². The van der Waals surface area contributed by atoms with Gasteiger partial charge in [0.2, 0.25) is 0 Å². The molecule has 2 N–H and O–H groups in total. The van der Waals surface area contributed by atoms with Crippen LogP contribution in [0.2, 0.25) is 0 Å². The summed E-state index contributed by atoms with van der Waals surface area (Å²) < 4.78 is 0. The molecule has 1 fully saturated rings. The van der Waals surface area contributed by atoms with Crippen LogP contribution in [0.15, 0.2) is 16.8 Å². The standard InChI is InChI=1S/C14H24N2S2/c1-11(15)14(12-6-9-18-10-12)16-7-3-4-13(17-2)5-8-16/h6,9-11,13-14H,3-5,7-8,15H2,1-2H3. The van der Waals surface area contributed by atoms with E-state index in [4.69, 9.17) is 5.73 Å². The Bertz CT molecular complexity index is 338. The minimum absolute atomic E-state index is 0.199. The van der Waals surface area contributed by atoms with Crippen molar-refractivity contribution in [3.63, 3.8) is 0 Å². The Morgan fingerprint density at radius 2 is 2.28 bits per heavy atom. The van der Waals surface area contributed by atoms with E-state index in [1.165, 1.54) is 37.9 Å². The van der Waals surface area contributed by atoms with Crippen molar-refractivity contribution in [2.45, 2.75) is 43.5 Å². The van der Waals surface area contributed by atoms with Gasteiger partial charge in [-0.05, 0) is 67.9 Å². The quantitative estimate of drug-likeness (QED) is 0.919. The van der Waals surface area contributed by atoms with Crippen molar-refractivity contribution in [1.82, 2.24) is 4.90 Å². The van der Waals surface area contributed by atoms with E-state index in [1.54, 1.807) is 11.3 Å². The molecule has 2 rings (SSSR count). The Labute approximate surface area is 119 Å². The fourth-order valence-electron chi connectivity index (χ4n) is 2.89. The molecule has 4 heteroatoms. The van der Waals surface area contributed by atoms with Crippen LogP contribution >= 0.6 is 23.1 Å². The van der Waals surface area contributed by atoms with Gasteiger partial charge >= 0.3 is 0 Å². The van der Waals surface area contributed by atoms with Crippen LogP contribution in [0.3, 0.4) is 0 Å². The van der Waals surface area contributed by atoms with Crippen LogP contribution in [0.5, 0.6) is 0 Å². The maximum Gasteiger partial charge on any atom is 0.0504 e. The molecule has 0 spiro atoms. The van der Waals surface area contributed by atoms with Gasteiger partial charge in [-0.15, -0.1) is 0 Å². The van der Waals surface area contributed by atoms with Crippen LogP contribution in [0.25, 0.3) is 0 Å². The maximum absolute atomic E-state index is 6.23. The first kappa shape index (κ1) is 14.4. The molecule has 0 aliphatic carbocycles. The summed E-state index contributed by atoms with van der Waals surface area (Å²) in [6, 6.07) is 2.83. The predicted octanol–water partition coefficient (Wildman–Crippen LogP) is 3.35. The summed E-state index contributed by atoms with van der Waals surface area (Å²) in [7, 11) is 0. The number of nitrogens with two attached hydrogens (primary N) is 1. The molecular formula is C14H24N2S2. The van der Waals surface area contributed by atoms with Gasteiger partial charge in [-0.2, -0.15) is 23.1 Å². The normalized spacial score (nSPS) is 25.6. The first-order valence-electron chi connectivity index (χ1n) is 6.77. The van der Waals surface area contributed by atoms with Crippen molar-refractivity contribution in [2.75, 3.05) is 19.3 Å². The van der Waals surface area contributed by atoms with Crippen molar-refractivity contribution in [3.8, 4) is 0 Å². The summed E-state index contributed by atoms with van der Waals surface area (Å²) in [5.41, 5.74) is 7.64. The highest BCUT2D eigenvalue weighted by molar-refractivity contribution is 7.99. The second-order valence-electron chi connectivity index (χ2n) is 5.19. The van der Waals surface area contributed by atoms with E-state index in [9.17, 15) is 0 Å². The third-order valence-electron chi connectivity index (χ3n) is 3.82. The fourth-order valence-corrected chi connectivity index (χ4v) is 4.32. The lowest BCUT2D eigenvalue weighted by atomic mass is 10.0. The highest BCUT2D eigenvalue weighted by atomic mass is 32.2. The molecule has 1 aliphatic rings. The van der Waals surface area contributed by atoms with E-state index in [-0.39, 0.29) is 6.04 Å². The molecule has 1 aromatic rings. The van der Waals surface area contributed by atoms with Gasteiger partial charge in [-0.1, -0.05) is 0 Å². The van der Waals surface area contributed by atoms with E-state index in [0.29, 0.717) is 6.04 Å². The van der Waals surface area contributed by atoms with Crippen LogP contribution in [-0.2, 0) is 0 Å². The zero-order chi connectivity index (χ0) is 13.0. The van der Waals surface area contributed by atoms with Crippen LogP contribution in [0, 0.1) is 0 Å². The summed E-state index contributed by atoms with van der Waals surface area (Å²) in [4.78, 5) is 2.60. The number of thiophene rings is 1.